The van der Waals surface area contributed by atoms with Gasteiger partial charge in [0.15, 0.2) is 11.6 Å². The lowest BCUT2D eigenvalue weighted by Gasteiger charge is -2.16. The molecule has 15 heavy (non-hydrogen) atoms. The van der Waals surface area contributed by atoms with Crippen LogP contribution in [0.15, 0.2) is 12.1 Å². The van der Waals surface area contributed by atoms with Crippen LogP contribution in [0, 0.1) is 11.6 Å². The Morgan fingerprint density at radius 3 is 2.53 bits per heavy atom. The largest absolute Gasteiger partial charge is 0.397 e. The van der Waals surface area contributed by atoms with Gasteiger partial charge in [0.25, 0.3) is 0 Å². The molecular weight excluding hydrogens is 198 g/mol. The molecule has 0 aromatic heterocycles. The highest BCUT2D eigenvalue weighted by Gasteiger charge is 2.19. The Bertz CT molecular complexity index is 360. The highest BCUT2D eigenvalue weighted by Crippen LogP contribution is 2.29. The van der Waals surface area contributed by atoms with Crippen LogP contribution >= 0.6 is 0 Å². The smallest absolute Gasteiger partial charge is 0.183 e. The van der Waals surface area contributed by atoms with Gasteiger partial charge >= 0.3 is 0 Å². The first-order valence-electron chi connectivity index (χ1n) is 5.18. The lowest BCUT2D eigenvalue weighted by atomic mass is 10.2. The summed E-state index contributed by atoms with van der Waals surface area (Å²) in [5, 5.41) is 2.98. The average Bonchev–Trinajstić information content (AvgIpc) is 2.71. The van der Waals surface area contributed by atoms with E-state index in [-0.39, 0.29) is 17.4 Å². The van der Waals surface area contributed by atoms with E-state index in [2.05, 4.69) is 5.32 Å². The molecule has 2 nitrogen and oxygen atoms in total. The van der Waals surface area contributed by atoms with Gasteiger partial charge in [-0.05, 0) is 25.0 Å². The van der Waals surface area contributed by atoms with Crippen LogP contribution in [0.1, 0.15) is 25.7 Å². The van der Waals surface area contributed by atoms with Crippen LogP contribution in [0.4, 0.5) is 20.2 Å². The number of hydrogen-bond donors (Lipinski definition) is 2. The molecule has 0 radical (unpaired) electrons. The van der Waals surface area contributed by atoms with Crippen LogP contribution in [-0.2, 0) is 0 Å². The minimum Gasteiger partial charge on any atom is -0.397 e. The minimum absolute atomic E-state index is 0.113. The molecule has 0 amide bonds. The molecule has 3 N–H and O–H groups in total. The molecule has 1 aliphatic carbocycles. The summed E-state index contributed by atoms with van der Waals surface area (Å²) in [5.41, 5.74) is 5.98. The zero-order chi connectivity index (χ0) is 10.8. The maximum absolute atomic E-state index is 13.4. The third-order valence-corrected chi connectivity index (χ3v) is 2.83. The van der Waals surface area contributed by atoms with Gasteiger partial charge in [0.2, 0.25) is 0 Å². The molecular formula is C11H14F2N2. The van der Waals surface area contributed by atoms with E-state index < -0.39 is 11.6 Å². The standard InChI is InChI=1S/C11H14F2N2/c12-8-5-6-9(14)11(10(8)13)15-7-3-1-2-4-7/h5-7,15H,1-4,14H2. The van der Waals surface area contributed by atoms with E-state index in [0.717, 1.165) is 31.7 Å². The summed E-state index contributed by atoms with van der Waals surface area (Å²) in [5.74, 6) is -1.73. The lowest BCUT2D eigenvalue weighted by Crippen LogP contribution is -2.17. The Balaban J connectivity index is 2.22. The Kier molecular flexibility index (Phi) is 2.75. The van der Waals surface area contributed by atoms with Gasteiger partial charge in [0.1, 0.15) is 0 Å². The first-order valence-corrected chi connectivity index (χ1v) is 5.18. The van der Waals surface area contributed by atoms with Crippen molar-refractivity contribution in [2.45, 2.75) is 31.7 Å². The molecule has 82 valence electrons. The van der Waals surface area contributed by atoms with Gasteiger partial charge in [-0.25, -0.2) is 8.78 Å². The van der Waals surface area contributed by atoms with E-state index in [9.17, 15) is 8.78 Å². The molecule has 0 atom stereocenters. The average molecular weight is 212 g/mol. The zero-order valence-electron chi connectivity index (χ0n) is 8.39. The van der Waals surface area contributed by atoms with Crippen LogP contribution in [-0.4, -0.2) is 6.04 Å². The van der Waals surface area contributed by atoms with Gasteiger partial charge in [0.05, 0.1) is 11.4 Å². The van der Waals surface area contributed by atoms with E-state index in [4.69, 9.17) is 5.73 Å². The molecule has 1 fully saturated rings. The fourth-order valence-electron chi connectivity index (χ4n) is 1.99. The third kappa shape index (κ3) is 2.03. The Hall–Kier alpha value is -1.32. The lowest BCUT2D eigenvalue weighted by molar-refractivity contribution is 0.510. The molecule has 0 aliphatic heterocycles. The van der Waals surface area contributed by atoms with Crippen LogP contribution in [0.5, 0.6) is 0 Å². The van der Waals surface area contributed by atoms with Gasteiger partial charge < -0.3 is 11.1 Å². The van der Waals surface area contributed by atoms with Crippen LogP contribution in [0.3, 0.4) is 0 Å². The van der Waals surface area contributed by atoms with Gasteiger partial charge in [-0.1, -0.05) is 12.8 Å². The minimum atomic E-state index is -0.873. The first-order chi connectivity index (χ1) is 7.18. The SMILES string of the molecule is Nc1ccc(F)c(F)c1NC1CCCC1. The number of nitrogens with two attached hydrogens (primary N) is 1. The number of nitrogens with one attached hydrogen (secondary N) is 1. The Labute approximate surface area is 87.5 Å². The van der Waals surface area contributed by atoms with Crippen molar-refractivity contribution in [1.82, 2.24) is 0 Å². The van der Waals surface area contributed by atoms with Gasteiger partial charge in [0, 0.05) is 6.04 Å². The summed E-state index contributed by atoms with van der Waals surface area (Å²) in [6.07, 6.45) is 4.26. The van der Waals surface area contributed by atoms with Crippen molar-refractivity contribution in [3.05, 3.63) is 23.8 Å². The van der Waals surface area contributed by atoms with Crippen LogP contribution in [0.2, 0.25) is 0 Å². The third-order valence-electron chi connectivity index (χ3n) is 2.83. The second-order valence-corrected chi connectivity index (χ2v) is 3.95. The van der Waals surface area contributed by atoms with E-state index in [1.165, 1.54) is 6.07 Å². The van der Waals surface area contributed by atoms with E-state index >= 15 is 0 Å². The van der Waals surface area contributed by atoms with Crippen molar-refractivity contribution in [3.63, 3.8) is 0 Å². The highest BCUT2D eigenvalue weighted by atomic mass is 19.2. The van der Waals surface area contributed by atoms with E-state index in [1.54, 1.807) is 0 Å². The van der Waals surface area contributed by atoms with Gasteiger partial charge in [-0.15, -0.1) is 0 Å². The summed E-state index contributed by atoms with van der Waals surface area (Å²) in [6.45, 7) is 0. The fourth-order valence-corrected chi connectivity index (χ4v) is 1.99. The molecule has 1 aromatic rings. The number of benzene rings is 1. The molecule has 0 spiro atoms. The molecule has 0 bridgehead atoms. The normalized spacial score (nSPS) is 16.9. The number of hydrogen-bond acceptors (Lipinski definition) is 2. The number of anilines is 2. The molecule has 1 aromatic carbocycles. The van der Waals surface area contributed by atoms with Crippen molar-refractivity contribution < 1.29 is 8.78 Å². The van der Waals surface area contributed by atoms with Crippen molar-refractivity contribution in [1.29, 1.82) is 0 Å². The molecule has 0 heterocycles. The number of rotatable bonds is 2. The first kappa shape index (κ1) is 10.2. The van der Waals surface area contributed by atoms with Gasteiger partial charge in [-0.3, -0.25) is 0 Å². The van der Waals surface area contributed by atoms with Crippen molar-refractivity contribution in [2.75, 3.05) is 11.1 Å². The molecule has 1 saturated carbocycles. The summed E-state index contributed by atoms with van der Waals surface area (Å²) >= 11 is 0. The number of halogens is 2. The molecule has 4 heteroatoms. The van der Waals surface area contributed by atoms with Crippen molar-refractivity contribution >= 4 is 11.4 Å². The van der Waals surface area contributed by atoms with Gasteiger partial charge in [-0.2, -0.15) is 0 Å². The van der Waals surface area contributed by atoms with Crippen LogP contribution in [0.25, 0.3) is 0 Å². The topological polar surface area (TPSA) is 38.0 Å². The maximum Gasteiger partial charge on any atom is 0.183 e. The zero-order valence-corrected chi connectivity index (χ0v) is 8.39. The fraction of sp³-hybridized carbons (Fsp3) is 0.455. The molecule has 1 aliphatic rings. The van der Waals surface area contributed by atoms with E-state index in [1.807, 2.05) is 0 Å². The summed E-state index contributed by atoms with van der Waals surface area (Å²) in [4.78, 5) is 0. The molecule has 0 unspecified atom stereocenters. The summed E-state index contributed by atoms with van der Waals surface area (Å²) in [7, 11) is 0. The highest BCUT2D eigenvalue weighted by molar-refractivity contribution is 5.67. The quantitative estimate of drug-likeness (QED) is 0.740. The predicted molar refractivity (Wildman–Crippen MR) is 56.6 cm³/mol. The Morgan fingerprint density at radius 1 is 1.20 bits per heavy atom. The molecule has 2 rings (SSSR count). The van der Waals surface area contributed by atoms with Crippen molar-refractivity contribution in [3.8, 4) is 0 Å². The summed E-state index contributed by atoms with van der Waals surface area (Å²) in [6, 6.07) is 2.66. The predicted octanol–water partition coefficient (Wildman–Crippen LogP) is 2.90. The monoisotopic (exact) mass is 212 g/mol. The maximum atomic E-state index is 13.4. The Morgan fingerprint density at radius 2 is 1.87 bits per heavy atom. The second kappa shape index (κ2) is 4.04. The molecule has 0 saturated heterocycles. The van der Waals surface area contributed by atoms with E-state index in [0.29, 0.717) is 0 Å². The summed E-state index contributed by atoms with van der Waals surface area (Å²) < 4.78 is 26.4. The second-order valence-electron chi connectivity index (χ2n) is 3.95. The van der Waals surface area contributed by atoms with Crippen molar-refractivity contribution in [2.24, 2.45) is 0 Å². The number of nitrogen functional groups attached to an aromatic ring is 1. The van der Waals surface area contributed by atoms with Crippen LogP contribution < -0.4 is 11.1 Å².